The van der Waals surface area contributed by atoms with Gasteiger partial charge in [0.25, 0.3) is 0 Å². The van der Waals surface area contributed by atoms with Crippen molar-refractivity contribution in [2.24, 2.45) is 5.92 Å². The molecule has 0 radical (unpaired) electrons. The summed E-state index contributed by atoms with van der Waals surface area (Å²) < 4.78 is 0. The Morgan fingerprint density at radius 2 is 2.08 bits per heavy atom. The first kappa shape index (κ1) is 8.48. The number of aromatic nitrogens is 2. The van der Waals surface area contributed by atoms with Crippen LogP contribution < -0.4 is 4.90 Å². The van der Waals surface area contributed by atoms with E-state index in [0.29, 0.717) is 0 Å². The Kier molecular flexibility index (Phi) is 2.17. The summed E-state index contributed by atoms with van der Waals surface area (Å²) in [6.45, 7) is 6.48. The maximum atomic E-state index is 4.31. The highest BCUT2D eigenvalue weighted by molar-refractivity contribution is 5.31. The molecule has 3 heteroatoms. The molecule has 13 heavy (non-hydrogen) atoms. The van der Waals surface area contributed by atoms with Crippen LogP contribution >= 0.6 is 0 Å². The number of hydrogen-bond acceptors (Lipinski definition) is 3. The van der Waals surface area contributed by atoms with Crippen LogP contribution in [0.5, 0.6) is 0 Å². The molecule has 1 aliphatic heterocycles. The van der Waals surface area contributed by atoms with Crippen molar-refractivity contribution in [3.8, 4) is 0 Å². The molecule has 2 rings (SSSR count). The van der Waals surface area contributed by atoms with Gasteiger partial charge in [-0.05, 0) is 24.8 Å². The summed E-state index contributed by atoms with van der Waals surface area (Å²) in [5.74, 6) is 1.67. The molecule has 1 saturated heterocycles. The van der Waals surface area contributed by atoms with E-state index in [9.17, 15) is 0 Å². The largest absolute Gasteiger partial charge is 0.341 e. The van der Waals surface area contributed by atoms with E-state index in [4.69, 9.17) is 0 Å². The molecule has 0 saturated carbocycles. The molecule has 0 bridgehead atoms. The second-order valence-electron chi connectivity index (χ2n) is 3.90. The van der Waals surface area contributed by atoms with Gasteiger partial charge in [0.15, 0.2) is 0 Å². The van der Waals surface area contributed by atoms with E-state index in [1.54, 1.807) is 0 Å². The predicted octanol–water partition coefficient (Wildman–Crippen LogP) is 1.63. The Morgan fingerprint density at radius 1 is 1.38 bits per heavy atom. The lowest BCUT2D eigenvalue weighted by molar-refractivity contribution is 0.658. The Morgan fingerprint density at radius 3 is 2.62 bits per heavy atom. The van der Waals surface area contributed by atoms with E-state index >= 15 is 0 Å². The average molecular weight is 177 g/mol. The van der Waals surface area contributed by atoms with Crippen molar-refractivity contribution in [1.82, 2.24) is 9.97 Å². The smallest absolute Gasteiger partial charge is 0.225 e. The minimum atomic E-state index is 0.782. The lowest BCUT2D eigenvalue weighted by Gasteiger charge is -2.14. The van der Waals surface area contributed by atoms with Crippen LogP contribution in [0, 0.1) is 12.8 Å². The Balaban J connectivity index is 2.13. The SMILES string of the molecule is Cc1cnc(N2CC[C@H](C)C2)nc1. The zero-order valence-electron chi connectivity index (χ0n) is 8.20. The second-order valence-corrected chi connectivity index (χ2v) is 3.90. The van der Waals surface area contributed by atoms with Crippen molar-refractivity contribution in [2.75, 3.05) is 18.0 Å². The average Bonchev–Trinajstić information content (AvgIpc) is 2.53. The topological polar surface area (TPSA) is 29.0 Å². The Hall–Kier alpha value is -1.12. The van der Waals surface area contributed by atoms with Gasteiger partial charge in [-0.2, -0.15) is 0 Å². The van der Waals surface area contributed by atoms with Crippen molar-refractivity contribution >= 4 is 5.95 Å². The molecule has 70 valence electrons. The number of aryl methyl sites for hydroxylation is 1. The van der Waals surface area contributed by atoms with E-state index in [0.717, 1.165) is 30.5 Å². The molecule has 1 aromatic rings. The quantitative estimate of drug-likeness (QED) is 0.653. The number of rotatable bonds is 1. The highest BCUT2D eigenvalue weighted by Crippen LogP contribution is 2.19. The predicted molar refractivity (Wildman–Crippen MR) is 52.8 cm³/mol. The third-order valence-electron chi connectivity index (χ3n) is 2.47. The molecule has 0 aromatic carbocycles. The summed E-state index contributed by atoms with van der Waals surface area (Å²) >= 11 is 0. The van der Waals surface area contributed by atoms with Crippen molar-refractivity contribution in [2.45, 2.75) is 20.3 Å². The third kappa shape index (κ3) is 1.79. The third-order valence-corrected chi connectivity index (χ3v) is 2.47. The molecule has 1 aliphatic rings. The highest BCUT2D eigenvalue weighted by Gasteiger charge is 2.20. The van der Waals surface area contributed by atoms with Gasteiger partial charge in [0.05, 0.1) is 0 Å². The van der Waals surface area contributed by atoms with Crippen LogP contribution in [0.3, 0.4) is 0 Å². The van der Waals surface area contributed by atoms with E-state index in [1.165, 1.54) is 6.42 Å². The zero-order valence-corrected chi connectivity index (χ0v) is 8.20. The van der Waals surface area contributed by atoms with Crippen molar-refractivity contribution in [3.05, 3.63) is 18.0 Å². The van der Waals surface area contributed by atoms with Crippen molar-refractivity contribution < 1.29 is 0 Å². The summed E-state index contributed by atoms with van der Waals surface area (Å²) in [5, 5.41) is 0. The number of anilines is 1. The van der Waals surface area contributed by atoms with Gasteiger partial charge in [0.1, 0.15) is 0 Å². The Bertz CT molecular complexity index is 281. The van der Waals surface area contributed by atoms with Crippen molar-refractivity contribution in [3.63, 3.8) is 0 Å². The standard InChI is InChI=1S/C10H15N3/c1-8-3-4-13(7-8)10-11-5-9(2)6-12-10/h5-6,8H,3-4,7H2,1-2H3/t8-/m0/s1. The van der Waals surface area contributed by atoms with Crippen molar-refractivity contribution in [1.29, 1.82) is 0 Å². The van der Waals surface area contributed by atoms with E-state index in [2.05, 4.69) is 21.8 Å². The van der Waals surface area contributed by atoms with Gasteiger partial charge < -0.3 is 4.90 Å². The maximum absolute atomic E-state index is 4.31. The molecular formula is C10H15N3. The molecule has 1 atom stereocenters. The lowest BCUT2D eigenvalue weighted by Crippen LogP contribution is -2.21. The van der Waals surface area contributed by atoms with Gasteiger partial charge in [0.2, 0.25) is 5.95 Å². The van der Waals surface area contributed by atoms with Crippen LogP contribution in [0.15, 0.2) is 12.4 Å². The molecular weight excluding hydrogens is 162 g/mol. The minimum absolute atomic E-state index is 0.782. The monoisotopic (exact) mass is 177 g/mol. The molecule has 0 N–H and O–H groups in total. The van der Waals surface area contributed by atoms with E-state index < -0.39 is 0 Å². The molecule has 0 spiro atoms. The van der Waals surface area contributed by atoms with Gasteiger partial charge in [-0.15, -0.1) is 0 Å². The van der Waals surface area contributed by atoms with Crippen LogP contribution in [0.4, 0.5) is 5.95 Å². The fourth-order valence-corrected chi connectivity index (χ4v) is 1.67. The second kappa shape index (κ2) is 3.32. The zero-order chi connectivity index (χ0) is 9.26. The van der Waals surface area contributed by atoms with Gasteiger partial charge in [-0.25, -0.2) is 9.97 Å². The first-order chi connectivity index (χ1) is 6.25. The normalized spacial score (nSPS) is 22.3. The molecule has 0 amide bonds. The first-order valence-electron chi connectivity index (χ1n) is 4.79. The summed E-state index contributed by atoms with van der Waals surface area (Å²) in [7, 11) is 0. The molecule has 1 aromatic heterocycles. The molecule has 0 unspecified atom stereocenters. The van der Waals surface area contributed by atoms with Gasteiger partial charge in [-0.1, -0.05) is 6.92 Å². The lowest BCUT2D eigenvalue weighted by atomic mass is 10.2. The van der Waals surface area contributed by atoms with Crippen LogP contribution in [-0.4, -0.2) is 23.1 Å². The van der Waals surface area contributed by atoms with E-state index in [-0.39, 0.29) is 0 Å². The van der Waals surface area contributed by atoms with Gasteiger partial charge in [-0.3, -0.25) is 0 Å². The first-order valence-corrected chi connectivity index (χ1v) is 4.79. The van der Waals surface area contributed by atoms with Crippen LogP contribution in [0.25, 0.3) is 0 Å². The molecule has 0 aliphatic carbocycles. The minimum Gasteiger partial charge on any atom is -0.341 e. The highest BCUT2D eigenvalue weighted by atomic mass is 15.3. The maximum Gasteiger partial charge on any atom is 0.225 e. The fraction of sp³-hybridized carbons (Fsp3) is 0.600. The number of hydrogen-bond donors (Lipinski definition) is 0. The summed E-state index contributed by atoms with van der Waals surface area (Å²) in [5.41, 5.74) is 1.12. The summed E-state index contributed by atoms with van der Waals surface area (Å²) in [4.78, 5) is 10.9. The Labute approximate surface area is 78.8 Å². The van der Waals surface area contributed by atoms with Gasteiger partial charge >= 0.3 is 0 Å². The van der Waals surface area contributed by atoms with E-state index in [1.807, 2.05) is 19.3 Å². The van der Waals surface area contributed by atoms with Gasteiger partial charge in [0, 0.05) is 25.5 Å². The summed E-state index contributed by atoms with van der Waals surface area (Å²) in [6.07, 6.45) is 5.02. The van der Waals surface area contributed by atoms with Crippen LogP contribution in [0.1, 0.15) is 18.9 Å². The number of nitrogens with zero attached hydrogens (tertiary/aromatic N) is 3. The van der Waals surface area contributed by atoms with Crippen LogP contribution in [-0.2, 0) is 0 Å². The fourth-order valence-electron chi connectivity index (χ4n) is 1.67. The summed E-state index contributed by atoms with van der Waals surface area (Å²) in [6, 6.07) is 0. The molecule has 1 fully saturated rings. The molecule has 2 heterocycles. The van der Waals surface area contributed by atoms with Crippen LogP contribution in [0.2, 0.25) is 0 Å². The molecule has 3 nitrogen and oxygen atoms in total.